The molecule has 0 unspecified atom stereocenters. The fourth-order valence-corrected chi connectivity index (χ4v) is 4.31. The quantitative estimate of drug-likeness (QED) is 0.512. The summed E-state index contributed by atoms with van der Waals surface area (Å²) in [5.74, 6) is 1.29. The summed E-state index contributed by atoms with van der Waals surface area (Å²) in [6.45, 7) is 3.98. The minimum absolute atomic E-state index is 0.00902. The van der Waals surface area contributed by atoms with Gasteiger partial charge in [0.1, 0.15) is 5.76 Å². The molecule has 4 aromatic rings. The van der Waals surface area contributed by atoms with Gasteiger partial charge in [0.15, 0.2) is 0 Å². The van der Waals surface area contributed by atoms with Gasteiger partial charge in [-0.2, -0.15) is 0 Å². The number of amides is 2. The summed E-state index contributed by atoms with van der Waals surface area (Å²) >= 11 is 0. The van der Waals surface area contributed by atoms with Crippen LogP contribution in [0.4, 0.5) is 0 Å². The zero-order valence-electron chi connectivity index (χ0n) is 18.6. The monoisotopic (exact) mass is 442 g/mol. The lowest BCUT2D eigenvalue weighted by atomic mass is 10.1. The van der Waals surface area contributed by atoms with Crippen LogP contribution in [0.1, 0.15) is 17.0 Å². The van der Waals surface area contributed by atoms with Gasteiger partial charge in [-0.1, -0.05) is 36.4 Å². The van der Waals surface area contributed by atoms with E-state index >= 15 is 0 Å². The first-order valence-corrected chi connectivity index (χ1v) is 11.2. The van der Waals surface area contributed by atoms with Crippen LogP contribution in [0.25, 0.3) is 22.4 Å². The molecule has 0 radical (unpaired) electrons. The maximum atomic E-state index is 12.9. The number of nitrogens with zero attached hydrogens (tertiary/aromatic N) is 3. The normalized spacial score (nSPS) is 14.1. The van der Waals surface area contributed by atoms with Gasteiger partial charge in [0.05, 0.1) is 18.5 Å². The van der Waals surface area contributed by atoms with E-state index in [9.17, 15) is 9.59 Å². The number of hydrogen-bond acceptors (Lipinski definition) is 4. The Bertz CT molecular complexity index is 1280. The van der Waals surface area contributed by atoms with Gasteiger partial charge in [-0.3, -0.25) is 9.59 Å². The second-order valence-electron chi connectivity index (χ2n) is 8.36. The largest absolute Gasteiger partial charge is 0.441 e. The summed E-state index contributed by atoms with van der Waals surface area (Å²) < 4.78 is 5.78. The molecule has 1 saturated heterocycles. The third kappa shape index (κ3) is 4.39. The number of hydrogen-bond donors (Lipinski definition) is 1. The summed E-state index contributed by atoms with van der Waals surface area (Å²) in [7, 11) is 0. The van der Waals surface area contributed by atoms with Crippen molar-refractivity contribution in [3.8, 4) is 11.5 Å². The standard InChI is InChI=1S/C26H26N4O3/c1-18-23(28-26(33-18)19-7-3-2-4-8-19)16-25(32)30-13-11-29(12-14-30)24(31)15-20-17-27-22-10-6-5-9-21(20)22/h2-10,17,27H,11-16H2,1H3. The molecule has 2 amide bonds. The van der Waals surface area contributed by atoms with Crippen LogP contribution in [0.15, 0.2) is 65.2 Å². The van der Waals surface area contributed by atoms with Gasteiger partial charge in [-0.25, -0.2) is 4.98 Å². The number of oxazole rings is 1. The average Bonchev–Trinajstić information content (AvgIpc) is 3.43. The number of carbonyl (C=O) groups excluding carboxylic acids is 2. The Morgan fingerprint density at radius 1 is 0.909 bits per heavy atom. The Morgan fingerprint density at radius 2 is 1.55 bits per heavy atom. The number of piperazine rings is 1. The Kier molecular flexibility index (Phi) is 5.69. The SMILES string of the molecule is Cc1oc(-c2ccccc2)nc1CC(=O)N1CCN(C(=O)Cc2c[nH]c3ccccc23)CC1. The summed E-state index contributed by atoms with van der Waals surface area (Å²) in [5, 5.41) is 1.08. The van der Waals surface area contributed by atoms with E-state index in [1.165, 1.54) is 0 Å². The fraction of sp³-hybridized carbons (Fsp3) is 0.269. The first kappa shape index (κ1) is 21.0. The molecule has 1 aliphatic heterocycles. The van der Waals surface area contributed by atoms with Crippen LogP contribution in [0.5, 0.6) is 0 Å². The lowest BCUT2D eigenvalue weighted by Gasteiger charge is -2.34. The van der Waals surface area contributed by atoms with E-state index in [0.29, 0.717) is 49.9 Å². The molecule has 0 spiro atoms. The number of aromatic amines is 1. The van der Waals surface area contributed by atoms with Gasteiger partial charge in [0.25, 0.3) is 0 Å². The predicted octanol–water partition coefficient (Wildman–Crippen LogP) is 3.59. The smallest absolute Gasteiger partial charge is 0.228 e. The molecule has 2 aromatic heterocycles. The van der Waals surface area contributed by atoms with E-state index in [1.807, 2.05) is 77.5 Å². The van der Waals surface area contributed by atoms with E-state index < -0.39 is 0 Å². The molecule has 0 bridgehead atoms. The summed E-state index contributed by atoms with van der Waals surface area (Å²) in [4.78, 5) is 37.1. The maximum Gasteiger partial charge on any atom is 0.228 e. The van der Waals surface area contributed by atoms with E-state index in [4.69, 9.17) is 4.42 Å². The number of benzene rings is 2. The third-order valence-electron chi connectivity index (χ3n) is 6.23. The first-order valence-electron chi connectivity index (χ1n) is 11.2. The zero-order valence-corrected chi connectivity index (χ0v) is 18.6. The van der Waals surface area contributed by atoms with Gasteiger partial charge in [-0.05, 0) is 30.7 Å². The molecule has 7 nitrogen and oxygen atoms in total. The number of aromatic nitrogens is 2. The average molecular weight is 443 g/mol. The lowest BCUT2D eigenvalue weighted by molar-refractivity contribution is -0.138. The zero-order chi connectivity index (χ0) is 22.8. The van der Waals surface area contributed by atoms with Crippen molar-refractivity contribution in [3.05, 3.63) is 77.8 Å². The predicted molar refractivity (Wildman–Crippen MR) is 126 cm³/mol. The van der Waals surface area contributed by atoms with Crippen molar-refractivity contribution in [2.45, 2.75) is 19.8 Å². The van der Waals surface area contributed by atoms with Crippen LogP contribution in [-0.4, -0.2) is 57.8 Å². The van der Waals surface area contributed by atoms with Crippen molar-refractivity contribution < 1.29 is 14.0 Å². The topological polar surface area (TPSA) is 82.4 Å². The number of H-pyrrole nitrogens is 1. The highest BCUT2D eigenvalue weighted by molar-refractivity contribution is 5.89. The molecule has 1 N–H and O–H groups in total. The van der Waals surface area contributed by atoms with Gasteiger partial charge >= 0.3 is 0 Å². The fourth-order valence-electron chi connectivity index (χ4n) is 4.31. The second kappa shape index (κ2) is 8.94. The van der Waals surface area contributed by atoms with Crippen LogP contribution in [0, 0.1) is 6.92 Å². The van der Waals surface area contributed by atoms with Gasteiger partial charge in [0.2, 0.25) is 17.7 Å². The van der Waals surface area contributed by atoms with Crippen molar-refractivity contribution in [3.63, 3.8) is 0 Å². The van der Waals surface area contributed by atoms with E-state index in [2.05, 4.69) is 9.97 Å². The van der Waals surface area contributed by atoms with Gasteiger partial charge in [-0.15, -0.1) is 0 Å². The molecular weight excluding hydrogens is 416 g/mol. The minimum Gasteiger partial charge on any atom is -0.441 e. The molecule has 33 heavy (non-hydrogen) atoms. The van der Waals surface area contributed by atoms with E-state index in [0.717, 1.165) is 22.0 Å². The molecule has 1 fully saturated rings. The number of rotatable bonds is 5. The number of nitrogens with one attached hydrogen (secondary N) is 1. The van der Waals surface area contributed by atoms with Crippen LogP contribution in [0.3, 0.4) is 0 Å². The van der Waals surface area contributed by atoms with Crippen molar-refractivity contribution >= 4 is 22.7 Å². The molecule has 5 rings (SSSR count). The number of fused-ring (bicyclic) bond motifs is 1. The molecular formula is C26H26N4O3. The second-order valence-corrected chi connectivity index (χ2v) is 8.36. The Balaban J connectivity index is 1.17. The Hall–Kier alpha value is -3.87. The van der Waals surface area contributed by atoms with Crippen LogP contribution in [-0.2, 0) is 22.4 Å². The van der Waals surface area contributed by atoms with Crippen LogP contribution >= 0.6 is 0 Å². The molecule has 2 aromatic carbocycles. The Morgan fingerprint density at radius 3 is 2.27 bits per heavy atom. The molecule has 0 aliphatic carbocycles. The van der Waals surface area contributed by atoms with Crippen molar-refractivity contribution in [2.24, 2.45) is 0 Å². The maximum absolute atomic E-state index is 12.9. The molecule has 1 aliphatic rings. The third-order valence-corrected chi connectivity index (χ3v) is 6.23. The molecule has 3 heterocycles. The van der Waals surface area contributed by atoms with Crippen LogP contribution in [0.2, 0.25) is 0 Å². The van der Waals surface area contributed by atoms with Crippen molar-refractivity contribution in [1.82, 2.24) is 19.8 Å². The Labute approximate surface area is 192 Å². The highest BCUT2D eigenvalue weighted by Crippen LogP contribution is 2.22. The number of para-hydroxylation sites is 1. The van der Waals surface area contributed by atoms with Crippen molar-refractivity contribution in [2.75, 3.05) is 26.2 Å². The molecule has 7 heteroatoms. The summed E-state index contributed by atoms with van der Waals surface area (Å²) in [6.07, 6.45) is 2.47. The van der Waals surface area contributed by atoms with Crippen molar-refractivity contribution in [1.29, 1.82) is 0 Å². The lowest BCUT2D eigenvalue weighted by Crippen LogP contribution is -2.51. The van der Waals surface area contributed by atoms with E-state index in [1.54, 1.807) is 0 Å². The first-order chi connectivity index (χ1) is 16.1. The van der Waals surface area contributed by atoms with Crippen LogP contribution < -0.4 is 0 Å². The van der Waals surface area contributed by atoms with Gasteiger partial charge in [0, 0.05) is 48.8 Å². The highest BCUT2D eigenvalue weighted by atomic mass is 16.4. The summed E-state index contributed by atoms with van der Waals surface area (Å²) in [6, 6.07) is 17.7. The minimum atomic E-state index is 0.00902. The van der Waals surface area contributed by atoms with Gasteiger partial charge < -0.3 is 19.2 Å². The highest BCUT2D eigenvalue weighted by Gasteiger charge is 2.26. The number of carbonyl (C=O) groups is 2. The van der Waals surface area contributed by atoms with E-state index in [-0.39, 0.29) is 18.2 Å². The molecule has 168 valence electrons. The number of aryl methyl sites for hydroxylation is 1. The molecule has 0 saturated carbocycles. The summed E-state index contributed by atoms with van der Waals surface area (Å²) in [5.41, 5.74) is 3.59. The molecule has 0 atom stereocenters.